The number of aromatic nitrogens is 1. The summed E-state index contributed by atoms with van der Waals surface area (Å²) in [6, 6.07) is 9.66. The van der Waals surface area contributed by atoms with Crippen LogP contribution in [0.4, 0.5) is 5.69 Å². The summed E-state index contributed by atoms with van der Waals surface area (Å²) in [4.78, 5) is 31.5. The third kappa shape index (κ3) is 4.05. The third-order valence-electron chi connectivity index (χ3n) is 5.61. The van der Waals surface area contributed by atoms with Crippen LogP contribution in [0.1, 0.15) is 16.7 Å². The van der Waals surface area contributed by atoms with Gasteiger partial charge in [0, 0.05) is 17.5 Å². The van der Waals surface area contributed by atoms with Gasteiger partial charge >= 0.3 is 11.9 Å². The van der Waals surface area contributed by atoms with Crippen LogP contribution in [0.25, 0.3) is 22.6 Å². The molecule has 0 atom stereocenters. The number of nitrogens with zero attached hydrogens (tertiary/aromatic N) is 2. The second-order valence-corrected chi connectivity index (χ2v) is 7.74. The Morgan fingerprint density at radius 1 is 0.909 bits per heavy atom. The first-order chi connectivity index (χ1) is 15.8. The molecule has 1 aliphatic rings. The van der Waals surface area contributed by atoms with Crippen LogP contribution in [0.3, 0.4) is 0 Å². The van der Waals surface area contributed by atoms with E-state index >= 15 is 0 Å². The molecule has 0 bridgehead atoms. The average molecular weight is 444 g/mol. The Hall–Kier alpha value is -4.13. The fourth-order valence-electron chi connectivity index (χ4n) is 3.66. The van der Waals surface area contributed by atoms with E-state index in [1.165, 1.54) is 20.3 Å². The highest BCUT2D eigenvalue weighted by molar-refractivity contribution is 6.05. The van der Waals surface area contributed by atoms with Crippen molar-refractivity contribution in [1.29, 1.82) is 0 Å². The molecule has 2 heterocycles. The Bertz CT molecular complexity index is 1320. The molecule has 33 heavy (non-hydrogen) atoms. The van der Waals surface area contributed by atoms with Crippen molar-refractivity contribution >= 4 is 28.7 Å². The minimum atomic E-state index is -0.663. The van der Waals surface area contributed by atoms with E-state index < -0.39 is 11.9 Å². The number of aryl methyl sites for hydroxylation is 3. The van der Waals surface area contributed by atoms with E-state index in [0.29, 0.717) is 17.2 Å². The molecule has 4 rings (SSSR count). The summed E-state index contributed by atoms with van der Waals surface area (Å²) >= 11 is 0. The van der Waals surface area contributed by atoms with Gasteiger partial charge in [0.1, 0.15) is 11.2 Å². The van der Waals surface area contributed by atoms with Crippen molar-refractivity contribution in [1.82, 2.24) is 4.98 Å². The molecular weight excluding hydrogens is 420 g/mol. The van der Waals surface area contributed by atoms with Crippen LogP contribution in [0.2, 0.25) is 0 Å². The fourth-order valence-corrected chi connectivity index (χ4v) is 3.66. The molecule has 1 aliphatic heterocycles. The lowest BCUT2D eigenvalue weighted by Crippen LogP contribution is -2.27. The van der Waals surface area contributed by atoms with Crippen LogP contribution in [-0.4, -0.2) is 31.1 Å². The van der Waals surface area contributed by atoms with E-state index in [9.17, 15) is 9.59 Å². The molecule has 0 radical (unpaired) electrons. The van der Waals surface area contributed by atoms with Gasteiger partial charge in [-0.2, -0.15) is 0 Å². The zero-order valence-electron chi connectivity index (χ0n) is 19.1. The number of oxazole rings is 1. The maximum atomic E-state index is 12.8. The molecule has 0 fully saturated rings. The first-order valence-electron chi connectivity index (χ1n) is 10.4. The molecule has 168 valence electrons. The maximum absolute atomic E-state index is 12.8. The largest absolute Gasteiger partial charge is 0.465 e. The number of hydrogen-bond acceptors (Lipinski definition) is 7. The number of rotatable bonds is 4. The van der Waals surface area contributed by atoms with Gasteiger partial charge in [-0.15, -0.1) is 0 Å². The molecule has 0 saturated carbocycles. The molecule has 0 spiro atoms. The number of esters is 2. The van der Waals surface area contributed by atoms with E-state index in [4.69, 9.17) is 13.9 Å². The average Bonchev–Trinajstić information content (AvgIpc) is 3.08. The third-order valence-corrected chi connectivity index (χ3v) is 5.61. The molecule has 3 aromatic rings. The van der Waals surface area contributed by atoms with Gasteiger partial charge in [0.15, 0.2) is 5.58 Å². The fraction of sp³-hybridized carbons (Fsp3) is 0.192. The van der Waals surface area contributed by atoms with E-state index in [1.54, 1.807) is 23.3 Å². The van der Waals surface area contributed by atoms with Gasteiger partial charge in [0.05, 0.1) is 19.8 Å². The summed E-state index contributed by atoms with van der Waals surface area (Å²) < 4.78 is 15.9. The van der Waals surface area contributed by atoms with Gasteiger partial charge < -0.3 is 18.8 Å². The molecule has 2 aromatic carbocycles. The van der Waals surface area contributed by atoms with Gasteiger partial charge in [0.2, 0.25) is 5.89 Å². The number of carbonyl (C=O) groups excluding carboxylic acids is 2. The number of anilines is 1. The molecular formula is C26H24N2O5. The highest BCUT2D eigenvalue weighted by Gasteiger charge is 2.28. The van der Waals surface area contributed by atoms with E-state index in [2.05, 4.69) is 4.98 Å². The van der Waals surface area contributed by atoms with Crippen LogP contribution in [-0.2, 0) is 19.1 Å². The lowest BCUT2D eigenvalue weighted by molar-refractivity contribution is -0.139. The van der Waals surface area contributed by atoms with Crippen LogP contribution in [0.15, 0.2) is 70.4 Å². The number of carbonyl (C=O) groups is 2. The van der Waals surface area contributed by atoms with Gasteiger partial charge in [-0.25, -0.2) is 14.6 Å². The zero-order valence-corrected chi connectivity index (χ0v) is 19.1. The predicted molar refractivity (Wildman–Crippen MR) is 125 cm³/mol. The molecule has 1 aromatic heterocycles. The van der Waals surface area contributed by atoms with E-state index in [0.717, 1.165) is 27.8 Å². The number of ether oxygens (including phenoxy) is 2. The second-order valence-electron chi connectivity index (χ2n) is 7.74. The van der Waals surface area contributed by atoms with Crippen molar-refractivity contribution in [3.05, 3.63) is 82.7 Å². The van der Waals surface area contributed by atoms with Gasteiger partial charge in [0.25, 0.3) is 0 Å². The van der Waals surface area contributed by atoms with Gasteiger partial charge in [-0.3, -0.25) is 0 Å². The lowest BCUT2D eigenvalue weighted by atomic mass is 10.1. The summed E-state index contributed by atoms with van der Waals surface area (Å²) in [7, 11) is 2.54. The minimum absolute atomic E-state index is 0.0541. The monoisotopic (exact) mass is 444 g/mol. The summed E-state index contributed by atoms with van der Waals surface area (Å²) in [5.74, 6) is -0.840. The molecule has 0 amide bonds. The predicted octanol–water partition coefficient (Wildman–Crippen LogP) is 4.91. The van der Waals surface area contributed by atoms with Gasteiger partial charge in [-0.1, -0.05) is 12.1 Å². The van der Waals surface area contributed by atoms with Crippen molar-refractivity contribution in [3.63, 3.8) is 0 Å². The smallest absolute Gasteiger partial charge is 0.355 e. The minimum Gasteiger partial charge on any atom is -0.465 e. The number of hydrogen-bond donors (Lipinski definition) is 0. The SMILES string of the molecule is COC(=O)C1=C(C(=O)OC)N(c2cc(-c3nc4cc(C)c(C)cc4o3)ccc2C)C=CC=C1. The molecule has 0 unspecified atom stereocenters. The first-order valence-corrected chi connectivity index (χ1v) is 10.4. The van der Waals surface area contributed by atoms with Gasteiger partial charge in [-0.05, 0) is 73.9 Å². The molecule has 7 nitrogen and oxygen atoms in total. The topological polar surface area (TPSA) is 81.9 Å². The highest BCUT2D eigenvalue weighted by atomic mass is 16.5. The first kappa shape index (κ1) is 22.1. The van der Waals surface area contributed by atoms with Crippen LogP contribution in [0.5, 0.6) is 0 Å². The number of benzene rings is 2. The Kier molecular flexibility index (Phi) is 5.87. The van der Waals surface area contributed by atoms with Crippen molar-refractivity contribution in [2.24, 2.45) is 0 Å². The normalized spacial score (nSPS) is 13.4. The van der Waals surface area contributed by atoms with E-state index in [1.807, 2.05) is 51.1 Å². The second kappa shape index (κ2) is 8.78. The Balaban J connectivity index is 1.87. The number of allylic oxidation sites excluding steroid dienone is 2. The molecule has 0 aliphatic carbocycles. The van der Waals surface area contributed by atoms with Crippen molar-refractivity contribution in [2.45, 2.75) is 20.8 Å². The summed E-state index contributed by atoms with van der Waals surface area (Å²) in [5, 5.41) is 0. The zero-order chi connectivity index (χ0) is 23.7. The van der Waals surface area contributed by atoms with Crippen LogP contribution >= 0.6 is 0 Å². The Labute approximate surface area is 191 Å². The van der Waals surface area contributed by atoms with Crippen molar-refractivity contribution in [2.75, 3.05) is 19.1 Å². The number of fused-ring (bicyclic) bond motifs is 1. The van der Waals surface area contributed by atoms with Crippen molar-refractivity contribution < 1.29 is 23.5 Å². The summed E-state index contributed by atoms with van der Waals surface area (Å²) in [5.41, 5.74) is 6.16. The van der Waals surface area contributed by atoms with Crippen LogP contribution in [0, 0.1) is 20.8 Å². The number of methoxy groups -OCH3 is 2. The summed E-state index contributed by atoms with van der Waals surface area (Å²) in [6.07, 6.45) is 6.62. The quantitative estimate of drug-likeness (QED) is 0.529. The standard InChI is InChI=1S/C26H24N2O5/c1-15-9-10-18(24-27-20-12-16(2)17(3)13-22(20)33-24)14-21(15)28-11-7-6-8-19(25(29)31-4)23(28)26(30)32-5/h6-14H,1-5H3. The molecule has 7 heteroatoms. The lowest BCUT2D eigenvalue weighted by Gasteiger charge is -2.25. The Morgan fingerprint density at radius 3 is 2.36 bits per heavy atom. The van der Waals surface area contributed by atoms with Crippen LogP contribution < -0.4 is 4.90 Å². The maximum Gasteiger partial charge on any atom is 0.355 e. The van der Waals surface area contributed by atoms with Crippen molar-refractivity contribution in [3.8, 4) is 11.5 Å². The molecule has 0 N–H and O–H groups in total. The molecule has 0 saturated heterocycles. The highest BCUT2D eigenvalue weighted by Crippen LogP contribution is 2.34. The van der Waals surface area contributed by atoms with E-state index in [-0.39, 0.29) is 11.3 Å². The Morgan fingerprint density at radius 2 is 1.64 bits per heavy atom. The summed E-state index contributed by atoms with van der Waals surface area (Å²) in [6.45, 7) is 5.98.